The molecule has 0 aliphatic carbocycles. The number of alkyl halides is 1. The predicted octanol–water partition coefficient (Wildman–Crippen LogP) is 5.45. The van der Waals surface area contributed by atoms with Crippen LogP contribution in [0.5, 0.6) is 0 Å². The number of quaternary nitrogens is 1. The van der Waals surface area contributed by atoms with Crippen LogP contribution in [0.15, 0.2) is 30.3 Å². The van der Waals surface area contributed by atoms with Gasteiger partial charge >= 0.3 is 0 Å². The number of nitrogens with zero attached hydrogens (tertiary/aromatic N) is 1. The third-order valence-electron chi connectivity index (χ3n) is 5.49. The quantitative estimate of drug-likeness (QED) is 0.195. The monoisotopic (exact) mass is 477 g/mol. The van der Waals surface area contributed by atoms with Gasteiger partial charge in [0.05, 0.1) is 31.5 Å². The lowest BCUT2D eigenvalue weighted by Crippen LogP contribution is -2.54. The number of hydrogen-bond donors (Lipinski definition) is 1. The van der Waals surface area contributed by atoms with Gasteiger partial charge in [-0.05, 0) is 44.1 Å². The summed E-state index contributed by atoms with van der Waals surface area (Å²) in [5.74, 6) is -0.759. The van der Waals surface area contributed by atoms with E-state index in [1.54, 1.807) is 18.2 Å². The molecule has 182 valence electrons. The minimum Gasteiger partial charge on any atom is -0.545 e. The fourth-order valence-corrected chi connectivity index (χ4v) is 3.87. The first-order valence-corrected chi connectivity index (χ1v) is 12.3. The van der Waals surface area contributed by atoms with E-state index in [0.717, 1.165) is 11.0 Å². The first-order chi connectivity index (χ1) is 14.4. The first-order valence-electron chi connectivity index (χ1n) is 11.8. The fourth-order valence-electron chi connectivity index (χ4n) is 3.77. The van der Waals surface area contributed by atoms with Crippen LogP contribution in [-0.4, -0.2) is 53.7 Å². The highest BCUT2D eigenvalue weighted by Gasteiger charge is 2.28. The van der Waals surface area contributed by atoms with E-state index in [4.69, 9.17) is 11.6 Å². The molecule has 1 unspecified atom stereocenters. The SMILES string of the molecule is CCCCC[N+](CCCCC)(CCCCC)CC(O)CCl.Cl.O=C([O-])c1ccccc1. The Balaban J connectivity index is 0. The molecule has 0 aromatic heterocycles. The van der Waals surface area contributed by atoms with Gasteiger partial charge in [0.1, 0.15) is 12.6 Å². The first kappa shape index (κ1) is 32.4. The van der Waals surface area contributed by atoms with Gasteiger partial charge in [0.2, 0.25) is 0 Å². The van der Waals surface area contributed by atoms with E-state index in [9.17, 15) is 15.0 Å². The number of rotatable bonds is 16. The van der Waals surface area contributed by atoms with E-state index in [-0.39, 0.29) is 24.1 Å². The van der Waals surface area contributed by atoms with Crippen LogP contribution in [0.3, 0.4) is 0 Å². The molecule has 6 heteroatoms. The van der Waals surface area contributed by atoms with Crippen LogP contribution in [0.2, 0.25) is 0 Å². The number of carboxylic acids is 1. The maximum atomic E-state index is 10.1. The van der Waals surface area contributed by atoms with Gasteiger partial charge in [0, 0.05) is 0 Å². The molecule has 31 heavy (non-hydrogen) atoms. The maximum absolute atomic E-state index is 10.1. The lowest BCUT2D eigenvalue weighted by Gasteiger charge is -2.40. The Labute approximate surface area is 202 Å². The predicted molar refractivity (Wildman–Crippen MR) is 133 cm³/mol. The average Bonchev–Trinajstić information content (AvgIpc) is 2.75. The minimum absolute atomic E-state index is 0. The smallest absolute Gasteiger partial charge is 0.116 e. The maximum Gasteiger partial charge on any atom is 0.116 e. The van der Waals surface area contributed by atoms with E-state index in [0.29, 0.717) is 5.88 Å². The van der Waals surface area contributed by atoms with Crippen molar-refractivity contribution >= 4 is 30.0 Å². The Morgan fingerprint density at radius 1 is 0.903 bits per heavy atom. The Morgan fingerprint density at radius 2 is 1.32 bits per heavy atom. The Morgan fingerprint density at radius 3 is 1.61 bits per heavy atom. The Kier molecular flexibility index (Phi) is 22.0. The molecule has 1 atom stereocenters. The molecule has 0 bridgehead atoms. The number of aliphatic hydroxyl groups is 1. The largest absolute Gasteiger partial charge is 0.545 e. The highest BCUT2D eigenvalue weighted by atomic mass is 35.5. The number of halogens is 2. The summed E-state index contributed by atoms with van der Waals surface area (Å²) < 4.78 is 1.09. The molecule has 4 nitrogen and oxygen atoms in total. The second kappa shape index (κ2) is 21.1. The van der Waals surface area contributed by atoms with Gasteiger partial charge in [-0.25, -0.2) is 0 Å². The van der Waals surface area contributed by atoms with Gasteiger partial charge in [0.25, 0.3) is 0 Å². The van der Waals surface area contributed by atoms with Gasteiger partial charge in [-0.1, -0.05) is 70.4 Å². The molecule has 0 saturated heterocycles. The van der Waals surface area contributed by atoms with E-state index in [2.05, 4.69) is 20.8 Å². The van der Waals surface area contributed by atoms with Crippen molar-refractivity contribution in [3.05, 3.63) is 35.9 Å². The summed E-state index contributed by atoms with van der Waals surface area (Å²) in [5.41, 5.74) is 0.220. The van der Waals surface area contributed by atoms with Crippen LogP contribution in [-0.2, 0) is 0 Å². The van der Waals surface area contributed by atoms with E-state index in [1.165, 1.54) is 89.6 Å². The number of carbonyl (C=O) groups excluding carboxylic acids is 1. The Hall–Kier alpha value is -0.810. The summed E-state index contributed by atoms with van der Waals surface area (Å²) in [6.07, 6.45) is 11.2. The van der Waals surface area contributed by atoms with Crippen LogP contribution in [0.4, 0.5) is 0 Å². The topological polar surface area (TPSA) is 60.4 Å². The molecule has 0 aliphatic heterocycles. The summed E-state index contributed by atoms with van der Waals surface area (Å²) in [4.78, 5) is 10.1. The van der Waals surface area contributed by atoms with Crippen molar-refractivity contribution in [3.63, 3.8) is 0 Å². The van der Waals surface area contributed by atoms with E-state index >= 15 is 0 Å². The molecule has 0 spiro atoms. The third-order valence-corrected chi connectivity index (χ3v) is 5.85. The van der Waals surface area contributed by atoms with E-state index in [1.807, 2.05) is 0 Å². The summed E-state index contributed by atoms with van der Waals surface area (Å²) in [6, 6.07) is 8.06. The van der Waals surface area contributed by atoms with Crippen molar-refractivity contribution in [2.45, 2.75) is 84.7 Å². The van der Waals surface area contributed by atoms with Gasteiger partial charge in [0.15, 0.2) is 0 Å². The van der Waals surface area contributed by atoms with Crippen molar-refractivity contribution in [1.29, 1.82) is 0 Å². The molecule has 0 heterocycles. The molecule has 1 aromatic carbocycles. The van der Waals surface area contributed by atoms with Gasteiger partial charge in [-0.15, -0.1) is 24.0 Å². The second-order valence-electron chi connectivity index (χ2n) is 8.28. The molecule has 1 aromatic rings. The highest BCUT2D eigenvalue weighted by Crippen LogP contribution is 2.18. The number of benzene rings is 1. The average molecular weight is 479 g/mol. The molecular weight excluding hydrogens is 433 g/mol. The van der Waals surface area contributed by atoms with Gasteiger partial charge in [-0.3, -0.25) is 0 Å². The van der Waals surface area contributed by atoms with E-state index < -0.39 is 5.97 Å². The molecule has 0 aliphatic rings. The summed E-state index contributed by atoms with van der Waals surface area (Å²) in [7, 11) is 0. The number of hydrogen-bond acceptors (Lipinski definition) is 3. The van der Waals surface area contributed by atoms with Crippen molar-refractivity contribution < 1.29 is 19.5 Å². The lowest BCUT2D eigenvalue weighted by molar-refractivity contribution is -0.931. The van der Waals surface area contributed by atoms with Crippen LogP contribution in [0, 0.1) is 0 Å². The number of carboxylic acid groups (broad SMARTS) is 1. The molecule has 0 fully saturated rings. The number of aliphatic hydroxyl groups excluding tert-OH is 1. The molecule has 1 rings (SSSR count). The van der Waals surface area contributed by atoms with Crippen molar-refractivity contribution in [2.75, 3.05) is 32.1 Å². The van der Waals surface area contributed by atoms with Crippen LogP contribution in [0.25, 0.3) is 0 Å². The summed E-state index contributed by atoms with van der Waals surface area (Å²) in [6.45, 7) is 11.3. The number of carbonyl (C=O) groups is 1. The second-order valence-corrected chi connectivity index (χ2v) is 8.59. The standard InChI is InChI=1S/C18H39ClNO.C7H6O2.ClH/c1-4-7-10-13-20(14-11-8-5-2,15-12-9-6-3)17-18(21)16-19;8-7(9)6-4-2-1-3-5-6;/h18,21H,4-17H2,1-3H3;1-5H,(H,8,9);1H/q+1;;/p-1. The summed E-state index contributed by atoms with van der Waals surface area (Å²) >= 11 is 5.88. The van der Waals surface area contributed by atoms with Crippen LogP contribution >= 0.6 is 24.0 Å². The minimum atomic E-state index is -1.13. The van der Waals surface area contributed by atoms with Gasteiger partial charge in [-0.2, -0.15) is 0 Å². The normalized spacial score (nSPS) is 11.8. The molecular formula is C25H45Cl2NO3. The summed E-state index contributed by atoms with van der Waals surface area (Å²) in [5, 5.41) is 20.2. The molecule has 0 saturated carbocycles. The Bertz CT molecular complexity index is 502. The zero-order valence-corrected chi connectivity index (χ0v) is 21.4. The fraction of sp³-hybridized carbons (Fsp3) is 0.720. The number of unbranched alkanes of at least 4 members (excludes halogenated alkanes) is 6. The van der Waals surface area contributed by atoms with Crippen molar-refractivity contribution in [2.24, 2.45) is 0 Å². The highest BCUT2D eigenvalue weighted by molar-refractivity contribution is 6.18. The van der Waals surface area contributed by atoms with Crippen LogP contribution < -0.4 is 5.11 Å². The third kappa shape index (κ3) is 16.5. The molecule has 0 radical (unpaired) electrons. The molecule has 0 amide bonds. The zero-order valence-electron chi connectivity index (χ0n) is 19.9. The van der Waals surface area contributed by atoms with Crippen molar-refractivity contribution in [1.82, 2.24) is 0 Å². The number of aromatic carboxylic acids is 1. The molecule has 1 N–H and O–H groups in total. The zero-order chi connectivity index (χ0) is 22.7. The van der Waals surface area contributed by atoms with Crippen LogP contribution in [0.1, 0.15) is 88.9 Å². The van der Waals surface area contributed by atoms with Crippen molar-refractivity contribution in [3.8, 4) is 0 Å². The lowest BCUT2D eigenvalue weighted by atomic mass is 10.1. The van der Waals surface area contributed by atoms with Gasteiger partial charge < -0.3 is 19.5 Å².